The number of rotatable bonds is 10. The SMILES string of the molecule is C1=CC2CCC1C2.O=CC1CC2C=CC1C2.OCCOCCOCCOCO. The van der Waals surface area contributed by atoms with Crippen LogP contribution in [0, 0.1) is 29.6 Å². The Bertz CT molecular complexity index is 456. The second-order valence-electron chi connectivity index (χ2n) is 7.78. The summed E-state index contributed by atoms with van der Waals surface area (Å²) in [6, 6.07) is 0. The normalized spacial score (nSPS) is 30.7. The summed E-state index contributed by atoms with van der Waals surface area (Å²) in [7, 11) is 0. The van der Waals surface area contributed by atoms with Gasteiger partial charge in [0.1, 0.15) is 13.1 Å². The molecule has 4 aliphatic rings. The van der Waals surface area contributed by atoms with E-state index in [4.69, 9.17) is 19.7 Å². The Balaban J connectivity index is 0.000000154. The summed E-state index contributed by atoms with van der Waals surface area (Å²) in [4.78, 5) is 10.4. The zero-order valence-electron chi connectivity index (χ0n) is 16.8. The van der Waals surface area contributed by atoms with Crippen LogP contribution in [-0.4, -0.2) is 62.9 Å². The minimum absolute atomic E-state index is 0.0353. The molecule has 2 fully saturated rings. The molecular weight excluding hydrogens is 360 g/mol. The lowest BCUT2D eigenvalue weighted by Gasteiger charge is -2.08. The first-order chi connectivity index (χ1) is 13.8. The minimum atomic E-state index is -0.273. The molecule has 6 nitrogen and oxygen atoms in total. The molecule has 0 aromatic rings. The van der Waals surface area contributed by atoms with Crippen molar-refractivity contribution in [1.82, 2.24) is 0 Å². The molecular formula is C22H36O6. The van der Waals surface area contributed by atoms with E-state index in [1.165, 1.54) is 25.7 Å². The van der Waals surface area contributed by atoms with Gasteiger partial charge in [-0.2, -0.15) is 0 Å². The molecule has 0 saturated heterocycles. The van der Waals surface area contributed by atoms with Gasteiger partial charge in [-0.05, 0) is 55.8 Å². The summed E-state index contributed by atoms with van der Waals surface area (Å²) in [6.07, 6.45) is 17.1. The van der Waals surface area contributed by atoms with Gasteiger partial charge in [0, 0.05) is 5.92 Å². The lowest BCUT2D eigenvalue weighted by molar-refractivity contribution is -0.111. The predicted octanol–water partition coefficient (Wildman–Crippen LogP) is 2.35. The first kappa shape index (κ1) is 23.2. The zero-order valence-corrected chi connectivity index (χ0v) is 16.8. The van der Waals surface area contributed by atoms with E-state index in [-0.39, 0.29) is 13.4 Å². The van der Waals surface area contributed by atoms with Gasteiger partial charge in [0.2, 0.25) is 0 Å². The number of carbonyl (C=O) groups excluding carboxylic acids is 1. The number of fused-ring (bicyclic) bond motifs is 4. The molecule has 0 amide bonds. The fraction of sp³-hybridized carbons (Fsp3) is 0.773. The highest BCUT2D eigenvalue weighted by atomic mass is 16.6. The number of aldehydes is 1. The van der Waals surface area contributed by atoms with Crippen molar-refractivity contribution >= 4 is 6.29 Å². The largest absolute Gasteiger partial charge is 0.394 e. The van der Waals surface area contributed by atoms with Crippen molar-refractivity contribution in [1.29, 1.82) is 0 Å². The van der Waals surface area contributed by atoms with Crippen LogP contribution >= 0.6 is 0 Å². The van der Waals surface area contributed by atoms with Crippen LogP contribution in [0.25, 0.3) is 0 Å². The lowest BCUT2D eigenvalue weighted by Crippen LogP contribution is -2.10. The molecule has 0 aliphatic heterocycles. The Labute approximate surface area is 168 Å². The first-order valence-corrected chi connectivity index (χ1v) is 10.5. The maximum Gasteiger partial charge on any atom is 0.143 e. The molecule has 0 radical (unpaired) electrons. The van der Waals surface area contributed by atoms with E-state index in [0.29, 0.717) is 44.9 Å². The number of carbonyl (C=O) groups is 1. The van der Waals surface area contributed by atoms with E-state index in [9.17, 15) is 4.79 Å². The smallest absolute Gasteiger partial charge is 0.143 e. The van der Waals surface area contributed by atoms with Crippen LogP contribution in [-0.2, 0) is 19.0 Å². The summed E-state index contributed by atoms with van der Waals surface area (Å²) < 4.78 is 14.6. The summed E-state index contributed by atoms with van der Waals surface area (Å²) in [5.41, 5.74) is 0. The summed E-state index contributed by atoms with van der Waals surface area (Å²) in [5.74, 6) is 3.69. The molecule has 28 heavy (non-hydrogen) atoms. The second kappa shape index (κ2) is 14.0. The molecule has 0 heterocycles. The van der Waals surface area contributed by atoms with E-state index >= 15 is 0 Å². The number of aliphatic hydroxyl groups excluding tert-OH is 2. The number of hydrogen-bond donors (Lipinski definition) is 2. The van der Waals surface area contributed by atoms with E-state index < -0.39 is 0 Å². The highest BCUT2D eigenvalue weighted by Gasteiger charge is 2.34. The molecule has 0 spiro atoms. The third kappa shape index (κ3) is 8.53. The zero-order chi connectivity index (χ0) is 20.0. The van der Waals surface area contributed by atoms with E-state index in [0.717, 1.165) is 30.5 Å². The van der Waals surface area contributed by atoms with Gasteiger partial charge in [-0.1, -0.05) is 24.3 Å². The van der Waals surface area contributed by atoms with Crippen molar-refractivity contribution in [3.8, 4) is 0 Å². The molecule has 2 N–H and O–H groups in total. The molecule has 4 bridgehead atoms. The average molecular weight is 397 g/mol. The second-order valence-corrected chi connectivity index (χ2v) is 7.78. The van der Waals surface area contributed by atoms with Crippen molar-refractivity contribution in [3.63, 3.8) is 0 Å². The van der Waals surface area contributed by atoms with Crippen LogP contribution in [0.3, 0.4) is 0 Å². The predicted molar refractivity (Wildman–Crippen MR) is 107 cm³/mol. The molecule has 4 rings (SSSR count). The van der Waals surface area contributed by atoms with Crippen molar-refractivity contribution in [2.75, 3.05) is 46.4 Å². The highest BCUT2D eigenvalue weighted by Crippen LogP contribution is 2.42. The maximum absolute atomic E-state index is 10.4. The minimum Gasteiger partial charge on any atom is -0.394 e. The Morgan fingerprint density at radius 2 is 1.36 bits per heavy atom. The van der Waals surface area contributed by atoms with Gasteiger partial charge in [-0.25, -0.2) is 0 Å². The van der Waals surface area contributed by atoms with Crippen molar-refractivity contribution in [2.45, 2.75) is 32.1 Å². The Morgan fingerprint density at radius 3 is 1.71 bits per heavy atom. The standard InChI is InChI=1S/C8H10O.C7H16O5.C7H10/c9-5-8-4-6-1-2-7(8)3-6;8-1-2-10-3-4-11-5-6-12-7-9;1-2-7-4-3-6(1)5-7/h1-2,5-8H,3-4H2;8-9H,1-7H2;1-2,6-7H,3-5H2. The van der Waals surface area contributed by atoms with Crippen LogP contribution in [0.1, 0.15) is 32.1 Å². The van der Waals surface area contributed by atoms with Gasteiger partial charge in [0.25, 0.3) is 0 Å². The highest BCUT2D eigenvalue weighted by molar-refractivity contribution is 5.56. The monoisotopic (exact) mass is 396 g/mol. The van der Waals surface area contributed by atoms with Gasteiger partial charge >= 0.3 is 0 Å². The summed E-state index contributed by atoms with van der Waals surface area (Å²) in [6.45, 7) is 1.89. The van der Waals surface area contributed by atoms with Crippen molar-refractivity contribution in [2.24, 2.45) is 29.6 Å². The third-order valence-electron chi connectivity index (χ3n) is 5.75. The molecule has 0 aromatic carbocycles. The number of ether oxygens (including phenoxy) is 3. The fourth-order valence-corrected chi connectivity index (χ4v) is 4.27. The average Bonchev–Trinajstić information content (AvgIpc) is 3.53. The fourth-order valence-electron chi connectivity index (χ4n) is 4.27. The van der Waals surface area contributed by atoms with Crippen LogP contribution < -0.4 is 0 Å². The molecule has 4 aliphatic carbocycles. The van der Waals surface area contributed by atoms with E-state index in [2.05, 4.69) is 29.0 Å². The number of aliphatic hydroxyl groups is 2. The van der Waals surface area contributed by atoms with Crippen molar-refractivity contribution < 1.29 is 29.2 Å². The molecule has 0 aromatic heterocycles. The van der Waals surface area contributed by atoms with Gasteiger partial charge in [0.05, 0.1) is 39.6 Å². The van der Waals surface area contributed by atoms with Crippen LogP contribution in [0.4, 0.5) is 0 Å². The van der Waals surface area contributed by atoms with Crippen LogP contribution in [0.5, 0.6) is 0 Å². The van der Waals surface area contributed by atoms with Gasteiger partial charge in [-0.15, -0.1) is 0 Å². The van der Waals surface area contributed by atoms with Crippen molar-refractivity contribution in [3.05, 3.63) is 24.3 Å². The Morgan fingerprint density at radius 1 is 0.750 bits per heavy atom. The molecule has 6 heteroatoms. The molecule has 160 valence electrons. The Kier molecular flexibility index (Phi) is 11.6. The van der Waals surface area contributed by atoms with Gasteiger partial charge in [0.15, 0.2) is 0 Å². The Hall–Kier alpha value is -1.05. The van der Waals surface area contributed by atoms with E-state index in [1.54, 1.807) is 0 Å². The van der Waals surface area contributed by atoms with Gasteiger partial charge < -0.3 is 29.2 Å². The maximum atomic E-state index is 10.4. The molecule has 5 unspecified atom stereocenters. The topological polar surface area (TPSA) is 85.2 Å². The van der Waals surface area contributed by atoms with E-state index in [1.807, 2.05) is 0 Å². The van der Waals surface area contributed by atoms with Crippen LogP contribution in [0.15, 0.2) is 24.3 Å². The molecule has 2 saturated carbocycles. The summed E-state index contributed by atoms with van der Waals surface area (Å²) in [5, 5.41) is 16.5. The van der Waals surface area contributed by atoms with Crippen LogP contribution in [0.2, 0.25) is 0 Å². The number of hydrogen-bond acceptors (Lipinski definition) is 6. The number of allylic oxidation sites excluding steroid dienone is 4. The quantitative estimate of drug-likeness (QED) is 0.255. The third-order valence-corrected chi connectivity index (χ3v) is 5.75. The summed E-state index contributed by atoms with van der Waals surface area (Å²) >= 11 is 0. The lowest BCUT2D eigenvalue weighted by atomic mass is 9.95. The first-order valence-electron chi connectivity index (χ1n) is 10.5. The van der Waals surface area contributed by atoms with Gasteiger partial charge in [-0.3, -0.25) is 0 Å². The molecule has 5 atom stereocenters.